The molecule has 1 atom stereocenters. The Morgan fingerprint density at radius 2 is 1.85 bits per heavy atom. The Labute approximate surface area is 99.2 Å². The Morgan fingerprint density at radius 1 is 1.15 bits per heavy atom. The van der Waals surface area contributed by atoms with Gasteiger partial charge in [-0.25, -0.2) is 0 Å². The minimum Gasteiger partial charge on any atom is -0.0761 e. The summed E-state index contributed by atoms with van der Waals surface area (Å²) in [4.78, 5) is 0. The van der Waals surface area contributed by atoms with Crippen LogP contribution in [-0.2, 0) is 26.2 Å². The second-order valence-corrected chi connectivity index (χ2v) is 3.76. The Morgan fingerprint density at radius 3 is 2.54 bits per heavy atom. The van der Waals surface area contributed by atoms with Crippen molar-refractivity contribution in [3.63, 3.8) is 0 Å². The molecule has 1 aliphatic rings. The van der Waals surface area contributed by atoms with Crippen molar-refractivity contribution in [2.45, 2.75) is 19.8 Å². The van der Waals surface area contributed by atoms with Crippen molar-refractivity contribution in [1.82, 2.24) is 0 Å². The first kappa shape index (κ1) is 10.9. The molecule has 0 saturated carbocycles. The van der Waals surface area contributed by atoms with Crippen LogP contribution in [-0.4, -0.2) is 0 Å². The smallest absolute Gasteiger partial charge is 0.00502 e. The second kappa shape index (κ2) is 4.37. The number of hydrogen-bond donors (Lipinski definition) is 0. The van der Waals surface area contributed by atoms with Crippen LogP contribution in [0.4, 0.5) is 0 Å². The van der Waals surface area contributed by atoms with E-state index in [2.05, 4.69) is 50.3 Å². The molecule has 0 amide bonds. The van der Waals surface area contributed by atoms with E-state index in [0.717, 1.165) is 0 Å². The maximum absolute atomic E-state index is 2.31. The number of allylic oxidation sites excluding steroid dienone is 1. The van der Waals surface area contributed by atoms with E-state index in [-0.39, 0.29) is 26.2 Å². The van der Waals surface area contributed by atoms with E-state index in [9.17, 15) is 0 Å². The summed E-state index contributed by atoms with van der Waals surface area (Å²) in [5.74, 6) is 1.35. The Kier molecular flexibility index (Phi) is 3.67. The zero-order chi connectivity index (χ0) is 8.55. The van der Waals surface area contributed by atoms with Gasteiger partial charge in [-0.05, 0) is 17.0 Å². The summed E-state index contributed by atoms with van der Waals surface area (Å²) in [6, 6.07) is 8.65. The van der Waals surface area contributed by atoms with Crippen molar-refractivity contribution in [1.29, 1.82) is 0 Å². The van der Waals surface area contributed by atoms with Crippen LogP contribution in [0.5, 0.6) is 0 Å². The van der Waals surface area contributed by atoms with Crippen molar-refractivity contribution in [3.8, 4) is 0 Å². The van der Waals surface area contributed by atoms with E-state index in [0.29, 0.717) is 11.8 Å². The largest absolute Gasteiger partial charge is 0.0761 e. The maximum Gasteiger partial charge on any atom is 0.00502 e. The van der Waals surface area contributed by atoms with Crippen LogP contribution in [0, 0.1) is 5.92 Å². The van der Waals surface area contributed by atoms with Crippen LogP contribution in [0.15, 0.2) is 30.3 Å². The first-order chi connectivity index (χ1) is 5.79. The molecule has 1 aromatic carbocycles. The Balaban J connectivity index is 0.000000845. The second-order valence-electron chi connectivity index (χ2n) is 3.76. The van der Waals surface area contributed by atoms with Gasteiger partial charge in [0.25, 0.3) is 0 Å². The first-order valence-corrected chi connectivity index (χ1v) is 4.56. The molecule has 1 aliphatic carbocycles. The zero-order valence-electron chi connectivity index (χ0n) is 8.12. The van der Waals surface area contributed by atoms with Crippen molar-refractivity contribution >= 4 is 6.08 Å². The third kappa shape index (κ3) is 2.02. The molecule has 0 radical (unpaired) electrons. The summed E-state index contributed by atoms with van der Waals surface area (Å²) in [5.41, 5.74) is 2.89. The van der Waals surface area contributed by atoms with Crippen LogP contribution in [0.2, 0.25) is 0 Å². The van der Waals surface area contributed by atoms with E-state index in [1.807, 2.05) is 0 Å². The fourth-order valence-corrected chi connectivity index (χ4v) is 1.86. The molecule has 0 nitrogen and oxygen atoms in total. The summed E-state index contributed by atoms with van der Waals surface area (Å²) < 4.78 is 0. The standard InChI is InChI=1S/C12H14.Zr/c1-9(2)11-8-7-10-5-3-4-6-12(10)11;/h3-9,11H,1-2H3;. The minimum absolute atomic E-state index is 0. The van der Waals surface area contributed by atoms with Gasteiger partial charge < -0.3 is 0 Å². The van der Waals surface area contributed by atoms with Gasteiger partial charge in [0.1, 0.15) is 0 Å². The molecule has 0 N–H and O–H groups in total. The van der Waals surface area contributed by atoms with E-state index in [1.54, 1.807) is 0 Å². The average molecular weight is 249 g/mol. The number of rotatable bonds is 1. The molecule has 0 heterocycles. The molecule has 13 heavy (non-hydrogen) atoms. The van der Waals surface area contributed by atoms with Crippen molar-refractivity contribution < 1.29 is 26.2 Å². The number of hydrogen-bond acceptors (Lipinski definition) is 0. The molecule has 2 rings (SSSR count). The summed E-state index contributed by atoms with van der Waals surface area (Å²) >= 11 is 0. The monoisotopic (exact) mass is 248 g/mol. The molecule has 0 fully saturated rings. The Bertz CT molecular complexity index is 313. The van der Waals surface area contributed by atoms with E-state index in [4.69, 9.17) is 0 Å². The Hall–Kier alpha value is -0.157. The van der Waals surface area contributed by atoms with Crippen molar-refractivity contribution in [2.24, 2.45) is 5.92 Å². The predicted molar refractivity (Wildman–Crippen MR) is 53.1 cm³/mol. The van der Waals surface area contributed by atoms with Crippen molar-refractivity contribution in [3.05, 3.63) is 41.5 Å². The zero-order valence-corrected chi connectivity index (χ0v) is 10.6. The minimum atomic E-state index is 0. The van der Waals surface area contributed by atoms with Gasteiger partial charge in [0.05, 0.1) is 0 Å². The van der Waals surface area contributed by atoms with Gasteiger partial charge in [0.15, 0.2) is 0 Å². The van der Waals surface area contributed by atoms with E-state index < -0.39 is 0 Å². The van der Waals surface area contributed by atoms with Gasteiger partial charge in [0.2, 0.25) is 0 Å². The predicted octanol–water partition coefficient (Wildman–Crippen LogP) is 3.45. The third-order valence-electron chi connectivity index (χ3n) is 2.56. The fraction of sp³-hybridized carbons (Fsp3) is 0.333. The quantitative estimate of drug-likeness (QED) is 0.715. The van der Waals surface area contributed by atoms with Gasteiger partial charge in [-0.1, -0.05) is 50.3 Å². The molecule has 0 aliphatic heterocycles. The molecule has 0 spiro atoms. The van der Waals surface area contributed by atoms with Crippen LogP contribution in [0.25, 0.3) is 6.08 Å². The molecule has 1 unspecified atom stereocenters. The van der Waals surface area contributed by atoms with Gasteiger partial charge in [0, 0.05) is 32.1 Å². The number of fused-ring (bicyclic) bond motifs is 1. The topological polar surface area (TPSA) is 0 Å². The summed E-state index contributed by atoms with van der Waals surface area (Å²) in [6.45, 7) is 4.55. The van der Waals surface area contributed by atoms with E-state index >= 15 is 0 Å². The molecule has 0 saturated heterocycles. The summed E-state index contributed by atoms with van der Waals surface area (Å²) in [7, 11) is 0. The molecule has 0 aromatic heterocycles. The SMILES string of the molecule is CC(C)C1C=Cc2ccccc21.[Zr]. The van der Waals surface area contributed by atoms with Gasteiger partial charge in [-0.15, -0.1) is 0 Å². The van der Waals surface area contributed by atoms with E-state index in [1.165, 1.54) is 11.1 Å². The van der Waals surface area contributed by atoms with Gasteiger partial charge in [-0.3, -0.25) is 0 Å². The van der Waals surface area contributed by atoms with Crippen LogP contribution in [0.1, 0.15) is 30.9 Å². The fourth-order valence-electron chi connectivity index (χ4n) is 1.86. The molecule has 1 aromatic rings. The molecular formula is C12H14Zr. The van der Waals surface area contributed by atoms with Crippen molar-refractivity contribution in [2.75, 3.05) is 0 Å². The maximum atomic E-state index is 2.31. The van der Waals surface area contributed by atoms with Crippen LogP contribution >= 0.6 is 0 Å². The van der Waals surface area contributed by atoms with Gasteiger partial charge in [-0.2, -0.15) is 0 Å². The molecule has 0 bridgehead atoms. The van der Waals surface area contributed by atoms with Crippen LogP contribution < -0.4 is 0 Å². The van der Waals surface area contributed by atoms with Crippen LogP contribution in [0.3, 0.4) is 0 Å². The molecule has 1 heteroatoms. The molecular weight excluding hydrogens is 235 g/mol. The summed E-state index contributed by atoms with van der Waals surface area (Å²) in [5, 5.41) is 0. The molecule has 66 valence electrons. The average Bonchev–Trinajstić information content (AvgIpc) is 2.47. The third-order valence-corrected chi connectivity index (χ3v) is 2.56. The van der Waals surface area contributed by atoms with Gasteiger partial charge >= 0.3 is 0 Å². The normalized spacial score (nSPS) is 18.5. The first-order valence-electron chi connectivity index (χ1n) is 4.56. The number of benzene rings is 1. The summed E-state index contributed by atoms with van der Waals surface area (Å²) in [6.07, 6.45) is 4.55.